The Bertz CT molecular complexity index is 924. The number of nitrogens with zero attached hydrogens (tertiary/aromatic N) is 1. The molecule has 0 aliphatic rings. The summed E-state index contributed by atoms with van der Waals surface area (Å²) in [4.78, 5) is 28.6. The number of hydrogen-bond acceptors (Lipinski definition) is 5. The zero-order valence-corrected chi connectivity index (χ0v) is 16.3. The average molecular weight is 403 g/mol. The summed E-state index contributed by atoms with van der Waals surface area (Å²) in [6, 6.07) is 15.1. The van der Waals surface area contributed by atoms with Gasteiger partial charge in [0.2, 0.25) is 0 Å². The zero-order valence-electron chi connectivity index (χ0n) is 14.8. The lowest BCUT2D eigenvalue weighted by molar-refractivity contribution is -0.154. The highest BCUT2D eigenvalue weighted by Gasteiger charge is 2.18. The number of carbonyl (C=O) groups is 2. The van der Waals surface area contributed by atoms with E-state index in [-0.39, 0.29) is 18.9 Å². The summed E-state index contributed by atoms with van der Waals surface area (Å²) >= 11 is 7.62. The molecule has 5 nitrogen and oxygen atoms in total. The van der Waals surface area contributed by atoms with E-state index in [9.17, 15) is 9.59 Å². The van der Waals surface area contributed by atoms with Crippen molar-refractivity contribution in [3.05, 3.63) is 64.1 Å². The van der Waals surface area contributed by atoms with Crippen molar-refractivity contribution in [1.82, 2.24) is 10.3 Å². The van der Waals surface area contributed by atoms with Gasteiger partial charge in [-0.05, 0) is 30.7 Å². The zero-order chi connectivity index (χ0) is 19.2. The van der Waals surface area contributed by atoms with Crippen molar-refractivity contribution in [2.24, 2.45) is 0 Å². The SMILES string of the molecule is CC(OC(=O)CCc1nc2ccccc2s1)C(=O)NCc1ccccc1Cl. The second kappa shape index (κ2) is 8.97. The van der Waals surface area contributed by atoms with Crippen LogP contribution in [0.25, 0.3) is 10.2 Å². The first-order chi connectivity index (χ1) is 13.0. The molecule has 1 amide bonds. The van der Waals surface area contributed by atoms with Crippen LogP contribution in [0.15, 0.2) is 48.5 Å². The number of fused-ring (bicyclic) bond motifs is 1. The molecule has 3 rings (SSSR count). The maximum Gasteiger partial charge on any atom is 0.306 e. The van der Waals surface area contributed by atoms with Crippen molar-refractivity contribution < 1.29 is 14.3 Å². The van der Waals surface area contributed by atoms with Crippen molar-refractivity contribution in [3.63, 3.8) is 0 Å². The van der Waals surface area contributed by atoms with Crippen LogP contribution >= 0.6 is 22.9 Å². The molecule has 1 heterocycles. The molecule has 3 aromatic rings. The Kier molecular flexibility index (Phi) is 6.42. The average Bonchev–Trinajstić information content (AvgIpc) is 3.08. The van der Waals surface area contributed by atoms with Gasteiger partial charge in [0, 0.05) is 18.0 Å². The van der Waals surface area contributed by atoms with E-state index in [4.69, 9.17) is 16.3 Å². The number of ether oxygens (including phenoxy) is 1. The number of halogens is 1. The van der Waals surface area contributed by atoms with Gasteiger partial charge in [-0.2, -0.15) is 0 Å². The fourth-order valence-electron chi connectivity index (χ4n) is 2.51. The van der Waals surface area contributed by atoms with Gasteiger partial charge in [-0.1, -0.05) is 41.9 Å². The number of hydrogen-bond donors (Lipinski definition) is 1. The molecule has 0 saturated heterocycles. The number of nitrogens with one attached hydrogen (secondary N) is 1. The third-order valence-corrected chi connectivity index (χ3v) is 5.43. The van der Waals surface area contributed by atoms with Crippen LogP contribution in [0.3, 0.4) is 0 Å². The fraction of sp³-hybridized carbons (Fsp3) is 0.250. The van der Waals surface area contributed by atoms with Gasteiger partial charge in [-0.25, -0.2) is 4.98 Å². The van der Waals surface area contributed by atoms with E-state index >= 15 is 0 Å². The summed E-state index contributed by atoms with van der Waals surface area (Å²) in [5.41, 5.74) is 1.74. The van der Waals surface area contributed by atoms with E-state index in [0.717, 1.165) is 20.8 Å². The number of aromatic nitrogens is 1. The second-order valence-corrected chi connectivity index (χ2v) is 7.54. The maximum atomic E-state index is 12.1. The Morgan fingerprint density at radius 3 is 2.70 bits per heavy atom. The van der Waals surface area contributed by atoms with Crippen LogP contribution in [0.1, 0.15) is 23.9 Å². The number of benzene rings is 2. The van der Waals surface area contributed by atoms with Crippen LogP contribution in [0.4, 0.5) is 0 Å². The lowest BCUT2D eigenvalue weighted by Crippen LogP contribution is -2.35. The Labute approximate surface area is 166 Å². The van der Waals surface area contributed by atoms with E-state index < -0.39 is 12.1 Å². The highest BCUT2D eigenvalue weighted by molar-refractivity contribution is 7.18. The molecular formula is C20H19ClN2O3S. The maximum absolute atomic E-state index is 12.1. The van der Waals surface area contributed by atoms with Gasteiger partial charge >= 0.3 is 5.97 Å². The first-order valence-electron chi connectivity index (χ1n) is 8.58. The van der Waals surface area contributed by atoms with Crippen LogP contribution in [-0.4, -0.2) is 23.0 Å². The van der Waals surface area contributed by atoms with E-state index in [1.807, 2.05) is 42.5 Å². The summed E-state index contributed by atoms with van der Waals surface area (Å²) in [5, 5.41) is 4.19. The molecule has 0 bridgehead atoms. The van der Waals surface area contributed by atoms with Gasteiger partial charge in [0.25, 0.3) is 5.91 Å². The molecule has 27 heavy (non-hydrogen) atoms. The number of carbonyl (C=O) groups excluding carboxylic acids is 2. The minimum Gasteiger partial charge on any atom is -0.453 e. The number of aryl methyl sites for hydroxylation is 1. The van der Waals surface area contributed by atoms with Crippen LogP contribution in [0.2, 0.25) is 5.02 Å². The number of rotatable bonds is 7. The van der Waals surface area contributed by atoms with Crippen LogP contribution in [0, 0.1) is 0 Å². The van der Waals surface area contributed by atoms with E-state index in [1.165, 1.54) is 0 Å². The van der Waals surface area contributed by atoms with Crippen LogP contribution < -0.4 is 5.32 Å². The molecule has 0 aliphatic heterocycles. The smallest absolute Gasteiger partial charge is 0.306 e. The Morgan fingerprint density at radius 2 is 1.93 bits per heavy atom. The molecule has 0 aliphatic carbocycles. The summed E-state index contributed by atoms with van der Waals surface area (Å²) in [7, 11) is 0. The fourth-order valence-corrected chi connectivity index (χ4v) is 3.68. The second-order valence-electron chi connectivity index (χ2n) is 6.02. The van der Waals surface area contributed by atoms with Crippen molar-refractivity contribution in [2.75, 3.05) is 0 Å². The van der Waals surface area contributed by atoms with E-state index in [2.05, 4.69) is 10.3 Å². The van der Waals surface area contributed by atoms with Crippen LogP contribution in [-0.2, 0) is 27.3 Å². The third-order valence-electron chi connectivity index (χ3n) is 3.97. The highest BCUT2D eigenvalue weighted by atomic mass is 35.5. The normalized spacial score (nSPS) is 11.9. The first-order valence-corrected chi connectivity index (χ1v) is 9.77. The predicted molar refractivity (Wildman–Crippen MR) is 107 cm³/mol. The molecule has 2 aromatic carbocycles. The quantitative estimate of drug-likeness (QED) is 0.603. The summed E-state index contributed by atoms with van der Waals surface area (Å²) in [6.07, 6.45) is -0.191. The lowest BCUT2D eigenvalue weighted by Gasteiger charge is -2.13. The van der Waals surface area contributed by atoms with Crippen molar-refractivity contribution >= 4 is 45.0 Å². The molecule has 0 radical (unpaired) electrons. The number of amides is 1. The van der Waals surface area contributed by atoms with Gasteiger partial charge in [-0.15, -0.1) is 11.3 Å². The van der Waals surface area contributed by atoms with Crippen LogP contribution in [0.5, 0.6) is 0 Å². The monoisotopic (exact) mass is 402 g/mol. The Hall–Kier alpha value is -2.44. The van der Waals surface area contributed by atoms with Gasteiger partial charge in [0.15, 0.2) is 6.10 Å². The largest absolute Gasteiger partial charge is 0.453 e. The van der Waals surface area contributed by atoms with Crippen molar-refractivity contribution in [3.8, 4) is 0 Å². The van der Waals surface area contributed by atoms with Crippen molar-refractivity contribution in [2.45, 2.75) is 32.4 Å². The molecule has 7 heteroatoms. The minimum atomic E-state index is -0.865. The van der Waals surface area contributed by atoms with Gasteiger partial charge in [-0.3, -0.25) is 9.59 Å². The molecule has 0 saturated carbocycles. The molecule has 1 atom stereocenters. The number of thiazole rings is 1. The van der Waals surface area contributed by atoms with Gasteiger partial charge in [0.05, 0.1) is 21.6 Å². The summed E-state index contributed by atoms with van der Waals surface area (Å²) < 4.78 is 6.31. The number of esters is 1. The van der Waals surface area contributed by atoms with Gasteiger partial charge < -0.3 is 10.1 Å². The Balaban J connectivity index is 1.45. The Morgan fingerprint density at radius 1 is 1.19 bits per heavy atom. The molecular weight excluding hydrogens is 384 g/mol. The predicted octanol–water partition coefficient (Wildman–Crippen LogP) is 4.13. The minimum absolute atomic E-state index is 0.182. The van der Waals surface area contributed by atoms with Crippen molar-refractivity contribution in [1.29, 1.82) is 0 Å². The molecule has 140 valence electrons. The topological polar surface area (TPSA) is 68.3 Å². The lowest BCUT2D eigenvalue weighted by atomic mass is 10.2. The standard InChI is InChI=1S/C20H19ClN2O3S/c1-13(20(25)22-12-14-6-2-3-7-15(14)21)26-19(24)11-10-18-23-16-8-4-5-9-17(16)27-18/h2-9,13H,10-12H2,1H3,(H,22,25). The van der Waals surface area contributed by atoms with E-state index in [1.54, 1.807) is 24.3 Å². The number of para-hydroxylation sites is 1. The van der Waals surface area contributed by atoms with Gasteiger partial charge in [0.1, 0.15) is 0 Å². The molecule has 1 unspecified atom stereocenters. The third kappa shape index (κ3) is 5.28. The molecule has 0 spiro atoms. The molecule has 1 N–H and O–H groups in total. The van der Waals surface area contributed by atoms with E-state index in [0.29, 0.717) is 11.4 Å². The molecule has 0 fully saturated rings. The molecule has 1 aromatic heterocycles. The first kappa shape index (κ1) is 19.3. The summed E-state index contributed by atoms with van der Waals surface area (Å²) in [6.45, 7) is 1.84. The highest BCUT2D eigenvalue weighted by Crippen LogP contribution is 2.22. The summed E-state index contributed by atoms with van der Waals surface area (Å²) in [5.74, 6) is -0.780.